The predicted molar refractivity (Wildman–Crippen MR) is 103 cm³/mol. The maximum absolute atomic E-state index is 6.15. The van der Waals surface area contributed by atoms with E-state index in [1.54, 1.807) is 7.11 Å². The molecule has 128 valence electrons. The molecule has 25 heavy (non-hydrogen) atoms. The van der Waals surface area contributed by atoms with E-state index in [-0.39, 0.29) is 0 Å². The monoisotopic (exact) mass is 353 g/mol. The maximum atomic E-state index is 6.15. The molecule has 3 rings (SSSR count). The molecule has 0 aliphatic heterocycles. The summed E-state index contributed by atoms with van der Waals surface area (Å²) in [5.74, 6) is 1.53. The molecule has 0 unspecified atom stereocenters. The molecule has 0 bridgehead atoms. The van der Waals surface area contributed by atoms with E-state index in [2.05, 4.69) is 23.5 Å². The zero-order valence-corrected chi connectivity index (χ0v) is 14.8. The standard InChI is InChI=1S/C21H20ClNO2/c1-24-21-11-10-18(13-20(21)22)23-14-17-8-5-9-19(12-17)25-15-16-6-3-2-4-7-16/h2-13,23H,14-15H2,1H3. The minimum absolute atomic E-state index is 0.561. The van der Waals surface area contributed by atoms with Crippen LogP contribution in [0.3, 0.4) is 0 Å². The van der Waals surface area contributed by atoms with Crippen LogP contribution in [0, 0.1) is 0 Å². The minimum Gasteiger partial charge on any atom is -0.495 e. The van der Waals surface area contributed by atoms with Crippen LogP contribution >= 0.6 is 11.6 Å². The molecule has 3 aromatic carbocycles. The van der Waals surface area contributed by atoms with Gasteiger partial charge in [0, 0.05) is 12.2 Å². The lowest BCUT2D eigenvalue weighted by Gasteiger charge is -2.11. The molecule has 0 saturated heterocycles. The lowest BCUT2D eigenvalue weighted by atomic mass is 10.2. The van der Waals surface area contributed by atoms with Crippen LogP contribution in [0.15, 0.2) is 72.8 Å². The van der Waals surface area contributed by atoms with Gasteiger partial charge in [0.15, 0.2) is 0 Å². The second kappa shape index (κ2) is 8.45. The Bertz CT molecular complexity index is 821. The second-order valence-corrected chi connectivity index (χ2v) is 6.03. The lowest BCUT2D eigenvalue weighted by Crippen LogP contribution is -2.01. The van der Waals surface area contributed by atoms with E-state index in [4.69, 9.17) is 21.1 Å². The molecule has 0 radical (unpaired) electrons. The third kappa shape index (κ3) is 4.91. The summed E-state index contributed by atoms with van der Waals surface area (Å²) in [6.07, 6.45) is 0. The van der Waals surface area contributed by atoms with Gasteiger partial charge in [-0.1, -0.05) is 54.1 Å². The third-order valence-electron chi connectivity index (χ3n) is 3.80. The van der Waals surface area contributed by atoms with Crippen LogP contribution in [0.4, 0.5) is 5.69 Å². The van der Waals surface area contributed by atoms with Crippen molar-refractivity contribution in [1.82, 2.24) is 0 Å². The summed E-state index contributed by atoms with van der Waals surface area (Å²) in [7, 11) is 1.61. The van der Waals surface area contributed by atoms with Gasteiger partial charge in [-0.2, -0.15) is 0 Å². The van der Waals surface area contributed by atoms with E-state index in [1.165, 1.54) is 0 Å². The van der Waals surface area contributed by atoms with E-state index >= 15 is 0 Å². The summed E-state index contributed by atoms with van der Waals surface area (Å²) in [6, 6.07) is 23.9. The van der Waals surface area contributed by atoms with Gasteiger partial charge in [-0.3, -0.25) is 0 Å². The van der Waals surface area contributed by atoms with E-state index in [0.29, 0.717) is 23.9 Å². The Morgan fingerprint density at radius 3 is 2.44 bits per heavy atom. The highest BCUT2D eigenvalue weighted by molar-refractivity contribution is 6.32. The van der Waals surface area contributed by atoms with Crippen LogP contribution in [-0.2, 0) is 13.2 Å². The number of nitrogens with one attached hydrogen (secondary N) is 1. The molecule has 0 spiro atoms. The number of hydrogen-bond acceptors (Lipinski definition) is 3. The highest BCUT2D eigenvalue weighted by Crippen LogP contribution is 2.27. The number of halogens is 1. The number of hydrogen-bond donors (Lipinski definition) is 1. The molecule has 0 amide bonds. The lowest BCUT2D eigenvalue weighted by molar-refractivity contribution is 0.306. The van der Waals surface area contributed by atoms with E-state index < -0.39 is 0 Å². The zero-order chi connectivity index (χ0) is 17.5. The molecule has 0 fully saturated rings. The van der Waals surface area contributed by atoms with Crippen molar-refractivity contribution in [3.8, 4) is 11.5 Å². The Balaban J connectivity index is 1.59. The molecule has 0 aromatic heterocycles. The van der Waals surface area contributed by atoms with Crippen molar-refractivity contribution < 1.29 is 9.47 Å². The fourth-order valence-electron chi connectivity index (χ4n) is 2.47. The van der Waals surface area contributed by atoms with Gasteiger partial charge in [0.05, 0.1) is 12.1 Å². The molecule has 1 N–H and O–H groups in total. The summed E-state index contributed by atoms with van der Waals surface area (Å²) < 4.78 is 11.0. The molecule has 3 aromatic rings. The van der Waals surface area contributed by atoms with Crippen LogP contribution in [0.2, 0.25) is 5.02 Å². The summed E-state index contributed by atoms with van der Waals surface area (Å²) in [6.45, 7) is 1.25. The van der Waals surface area contributed by atoms with Crippen LogP contribution < -0.4 is 14.8 Å². The molecule has 0 atom stereocenters. The highest BCUT2D eigenvalue weighted by atomic mass is 35.5. The van der Waals surface area contributed by atoms with Crippen molar-refractivity contribution in [2.45, 2.75) is 13.2 Å². The Labute approximate surface area is 153 Å². The van der Waals surface area contributed by atoms with Gasteiger partial charge in [-0.15, -0.1) is 0 Å². The average molecular weight is 354 g/mol. The molecule has 0 saturated carbocycles. The van der Waals surface area contributed by atoms with Gasteiger partial charge in [0.1, 0.15) is 18.1 Å². The fraction of sp³-hybridized carbons (Fsp3) is 0.143. The first-order valence-electron chi connectivity index (χ1n) is 8.07. The van der Waals surface area contributed by atoms with Crippen molar-refractivity contribution in [3.05, 3.63) is 88.9 Å². The summed E-state index contributed by atoms with van der Waals surface area (Å²) >= 11 is 6.15. The average Bonchev–Trinajstić information content (AvgIpc) is 2.66. The Morgan fingerprint density at radius 1 is 0.880 bits per heavy atom. The fourth-order valence-corrected chi connectivity index (χ4v) is 2.72. The number of benzene rings is 3. The Hall–Kier alpha value is -2.65. The van der Waals surface area contributed by atoms with Gasteiger partial charge in [-0.25, -0.2) is 0 Å². The number of ether oxygens (including phenoxy) is 2. The first kappa shape index (κ1) is 17.2. The van der Waals surface area contributed by atoms with Gasteiger partial charge in [-0.05, 0) is 41.5 Å². The largest absolute Gasteiger partial charge is 0.495 e. The predicted octanol–water partition coefficient (Wildman–Crippen LogP) is 5.54. The van der Waals surface area contributed by atoms with Crippen LogP contribution in [0.25, 0.3) is 0 Å². The normalized spacial score (nSPS) is 10.3. The third-order valence-corrected chi connectivity index (χ3v) is 4.09. The zero-order valence-electron chi connectivity index (χ0n) is 14.0. The van der Waals surface area contributed by atoms with E-state index in [0.717, 1.165) is 22.6 Å². The Morgan fingerprint density at radius 2 is 1.68 bits per heavy atom. The van der Waals surface area contributed by atoms with Crippen LogP contribution in [0.1, 0.15) is 11.1 Å². The van der Waals surface area contributed by atoms with Crippen LogP contribution in [0.5, 0.6) is 11.5 Å². The van der Waals surface area contributed by atoms with Gasteiger partial charge >= 0.3 is 0 Å². The summed E-state index contributed by atoms with van der Waals surface area (Å²) in [4.78, 5) is 0. The number of rotatable bonds is 7. The van der Waals surface area contributed by atoms with Crippen molar-refractivity contribution in [2.24, 2.45) is 0 Å². The molecule has 4 heteroatoms. The molecule has 0 aliphatic rings. The van der Waals surface area contributed by atoms with Crippen molar-refractivity contribution in [3.63, 3.8) is 0 Å². The molecule has 0 aliphatic carbocycles. The molecule has 3 nitrogen and oxygen atoms in total. The molecular formula is C21H20ClNO2. The Kier molecular flexibility index (Phi) is 5.81. The first-order chi connectivity index (χ1) is 12.2. The first-order valence-corrected chi connectivity index (χ1v) is 8.45. The number of anilines is 1. The molecular weight excluding hydrogens is 334 g/mol. The second-order valence-electron chi connectivity index (χ2n) is 5.62. The van der Waals surface area contributed by atoms with Crippen LogP contribution in [-0.4, -0.2) is 7.11 Å². The SMILES string of the molecule is COc1ccc(NCc2cccc(OCc3ccccc3)c2)cc1Cl. The topological polar surface area (TPSA) is 30.5 Å². The summed E-state index contributed by atoms with van der Waals surface area (Å²) in [5.41, 5.74) is 3.23. The van der Waals surface area contributed by atoms with Gasteiger partial charge in [0.25, 0.3) is 0 Å². The van der Waals surface area contributed by atoms with Crippen molar-refractivity contribution in [2.75, 3.05) is 12.4 Å². The van der Waals surface area contributed by atoms with Crippen molar-refractivity contribution in [1.29, 1.82) is 0 Å². The summed E-state index contributed by atoms with van der Waals surface area (Å²) in [5, 5.41) is 3.95. The number of methoxy groups -OCH3 is 1. The highest BCUT2D eigenvalue weighted by Gasteiger charge is 2.03. The van der Waals surface area contributed by atoms with Gasteiger partial charge < -0.3 is 14.8 Å². The maximum Gasteiger partial charge on any atom is 0.137 e. The van der Waals surface area contributed by atoms with E-state index in [1.807, 2.05) is 54.6 Å². The van der Waals surface area contributed by atoms with Crippen molar-refractivity contribution >= 4 is 17.3 Å². The smallest absolute Gasteiger partial charge is 0.137 e. The molecule has 0 heterocycles. The minimum atomic E-state index is 0.561. The van der Waals surface area contributed by atoms with Gasteiger partial charge in [0.2, 0.25) is 0 Å². The quantitative estimate of drug-likeness (QED) is 0.605. The van der Waals surface area contributed by atoms with E-state index in [9.17, 15) is 0 Å².